The van der Waals surface area contributed by atoms with Gasteiger partial charge in [-0.3, -0.25) is 4.99 Å². The van der Waals surface area contributed by atoms with Gasteiger partial charge in [-0.25, -0.2) is 4.79 Å². The zero-order chi connectivity index (χ0) is 21.3. The third-order valence-electron chi connectivity index (χ3n) is 5.29. The highest BCUT2D eigenvalue weighted by atomic mass is 127. The summed E-state index contributed by atoms with van der Waals surface area (Å²) in [5, 5.41) is 3.37. The van der Waals surface area contributed by atoms with E-state index in [1.807, 2.05) is 25.7 Å². The van der Waals surface area contributed by atoms with Crippen molar-refractivity contribution in [2.75, 3.05) is 53.0 Å². The van der Waals surface area contributed by atoms with Gasteiger partial charge in [0.05, 0.1) is 6.61 Å². The van der Waals surface area contributed by atoms with Gasteiger partial charge in [-0.1, -0.05) is 0 Å². The van der Waals surface area contributed by atoms with E-state index in [2.05, 4.69) is 24.2 Å². The molecule has 176 valence electrons. The van der Waals surface area contributed by atoms with Crippen molar-refractivity contribution < 1.29 is 14.3 Å². The minimum absolute atomic E-state index is 0. The summed E-state index contributed by atoms with van der Waals surface area (Å²) >= 11 is 0. The summed E-state index contributed by atoms with van der Waals surface area (Å²) in [6.45, 7) is 13.5. The number of amides is 1. The molecule has 1 unspecified atom stereocenters. The highest BCUT2D eigenvalue weighted by Crippen LogP contribution is 2.28. The summed E-state index contributed by atoms with van der Waals surface area (Å²) < 4.78 is 11.3. The van der Waals surface area contributed by atoms with Crippen LogP contribution in [0.3, 0.4) is 0 Å². The topological polar surface area (TPSA) is 66.4 Å². The minimum atomic E-state index is -0.442. The third kappa shape index (κ3) is 11.0. The molecule has 8 heteroatoms. The lowest BCUT2D eigenvalue weighted by molar-refractivity contribution is 0.0163. The van der Waals surface area contributed by atoms with Crippen LogP contribution in [0.1, 0.15) is 59.8 Å². The van der Waals surface area contributed by atoms with Crippen molar-refractivity contribution in [3.8, 4) is 0 Å². The number of guanidine groups is 1. The van der Waals surface area contributed by atoms with Gasteiger partial charge in [-0.2, -0.15) is 0 Å². The van der Waals surface area contributed by atoms with Crippen molar-refractivity contribution >= 4 is 36.0 Å². The zero-order valence-corrected chi connectivity index (χ0v) is 21.9. The number of halogens is 1. The number of carbonyl (C=O) groups excluding carboxylic acids is 1. The van der Waals surface area contributed by atoms with Gasteiger partial charge in [0.2, 0.25) is 0 Å². The molecule has 0 aromatic heterocycles. The second-order valence-corrected chi connectivity index (χ2v) is 9.40. The van der Waals surface area contributed by atoms with Crippen LogP contribution in [0.25, 0.3) is 0 Å². The van der Waals surface area contributed by atoms with Crippen LogP contribution in [0.4, 0.5) is 4.79 Å². The van der Waals surface area contributed by atoms with E-state index in [0.29, 0.717) is 5.92 Å². The van der Waals surface area contributed by atoms with E-state index in [0.717, 1.165) is 77.1 Å². The Balaban J connectivity index is 0.00000450. The molecule has 7 nitrogen and oxygen atoms in total. The smallest absolute Gasteiger partial charge is 0.410 e. The Morgan fingerprint density at radius 2 is 1.97 bits per heavy atom. The molecule has 1 atom stereocenters. The predicted octanol–water partition coefficient (Wildman–Crippen LogP) is 3.97. The molecule has 1 N–H and O–H groups in total. The number of hydrogen-bond donors (Lipinski definition) is 1. The highest BCUT2D eigenvalue weighted by Gasteiger charge is 2.27. The fourth-order valence-corrected chi connectivity index (χ4v) is 3.46. The molecule has 0 bridgehead atoms. The second kappa shape index (κ2) is 13.6. The highest BCUT2D eigenvalue weighted by molar-refractivity contribution is 14.0. The van der Waals surface area contributed by atoms with Gasteiger partial charge in [0, 0.05) is 46.4 Å². The van der Waals surface area contributed by atoms with Crippen LogP contribution in [-0.2, 0) is 9.47 Å². The monoisotopic (exact) mass is 538 g/mol. The van der Waals surface area contributed by atoms with E-state index in [-0.39, 0.29) is 30.1 Å². The van der Waals surface area contributed by atoms with Gasteiger partial charge in [0.1, 0.15) is 5.60 Å². The molecule has 1 aliphatic carbocycles. The average molecular weight is 539 g/mol. The van der Waals surface area contributed by atoms with E-state index in [9.17, 15) is 4.79 Å². The molecule has 2 aliphatic rings. The standard InChI is InChI=1S/C22H42N4O3.HI/c1-6-23-20(25(5)14-15-28-17-19-9-10-19)24-12-11-18-8-7-13-26(16-18)21(27)29-22(2,3)4;/h18-19H,6-17H2,1-5H3,(H,23,24);1H. The van der Waals surface area contributed by atoms with Crippen LogP contribution in [0.15, 0.2) is 4.99 Å². The largest absolute Gasteiger partial charge is 0.444 e. The van der Waals surface area contributed by atoms with Gasteiger partial charge < -0.3 is 24.6 Å². The molecule has 2 rings (SSSR count). The number of likely N-dealkylation sites (tertiary alicyclic amines) is 1. The van der Waals surface area contributed by atoms with Gasteiger partial charge in [0.15, 0.2) is 5.96 Å². The fraction of sp³-hybridized carbons (Fsp3) is 0.909. The number of ether oxygens (including phenoxy) is 2. The molecule has 0 aromatic carbocycles. The predicted molar refractivity (Wildman–Crippen MR) is 133 cm³/mol. The van der Waals surface area contributed by atoms with Crippen molar-refractivity contribution in [1.29, 1.82) is 0 Å². The van der Waals surface area contributed by atoms with Gasteiger partial charge in [-0.05, 0) is 71.6 Å². The lowest BCUT2D eigenvalue weighted by Crippen LogP contribution is -2.43. The number of piperidine rings is 1. The Bertz CT molecular complexity index is 535. The first-order valence-electron chi connectivity index (χ1n) is 11.3. The first-order valence-corrected chi connectivity index (χ1v) is 11.3. The molecule has 2 fully saturated rings. The van der Waals surface area contributed by atoms with Crippen LogP contribution in [-0.4, -0.2) is 80.4 Å². The maximum Gasteiger partial charge on any atom is 0.410 e. The number of rotatable bonds is 9. The zero-order valence-electron chi connectivity index (χ0n) is 19.6. The first kappa shape index (κ1) is 27.3. The van der Waals surface area contributed by atoms with Crippen molar-refractivity contribution in [2.24, 2.45) is 16.8 Å². The Morgan fingerprint density at radius 1 is 1.23 bits per heavy atom. The summed E-state index contributed by atoms with van der Waals surface area (Å²) in [5.41, 5.74) is -0.442. The quantitative estimate of drug-likeness (QED) is 0.208. The molecule has 0 spiro atoms. The third-order valence-corrected chi connectivity index (χ3v) is 5.29. The molecule has 1 amide bonds. The summed E-state index contributed by atoms with van der Waals surface area (Å²) in [4.78, 5) is 21.1. The maximum absolute atomic E-state index is 12.3. The molecular formula is C22H43IN4O3. The Kier molecular flexibility index (Phi) is 12.4. The molecule has 0 aromatic rings. The fourth-order valence-electron chi connectivity index (χ4n) is 3.46. The van der Waals surface area contributed by atoms with E-state index in [4.69, 9.17) is 14.5 Å². The number of nitrogens with zero attached hydrogens (tertiary/aromatic N) is 3. The number of aliphatic imine (C=N–C) groups is 1. The van der Waals surface area contributed by atoms with Crippen molar-refractivity contribution in [3.05, 3.63) is 0 Å². The molecule has 1 saturated carbocycles. The summed E-state index contributed by atoms with van der Waals surface area (Å²) in [5.74, 6) is 2.22. The summed E-state index contributed by atoms with van der Waals surface area (Å²) in [7, 11) is 2.06. The molecule has 1 aliphatic heterocycles. The lowest BCUT2D eigenvalue weighted by atomic mass is 9.95. The van der Waals surface area contributed by atoms with Gasteiger partial charge >= 0.3 is 6.09 Å². The van der Waals surface area contributed by atoms with E-state index >= 15 is 0 Å². The maximum atomic E-state index is 12.3. The number of likely N-dealkylation sites (N-methyl/N-ethyl adjacent to an activating group) is 1. The van der Waals surface area contributed by atoms with E-state index in [1.165, 1.54) is 12.8 Å². The molecule has 0 radical (unpaired) electrons. The minimum Gasteiger partial charge on any atom is -0.444 e. The summed E-state index contributed by atoms with van der Waals surface area (Å²) in [6, 6.07) is 0. The van der Waals surface area contributed by atoms with Crippen LogP contribution < -0.4 is 5.32 Å². The van der Waals surface area contributed by atoms with Crippen LogP contribution >= 0.6 is 24.0 Å². The molecule has 30 heavy (non-hydrogen) atoms. The van der Waals surface area contributed by atoms with E-state index < -0.39 is 5.60 Å². The van der Waals surface area contributed by atoms with Crippen LogP contribution in [0, 0.1) is 11.8 Å². The number of nitrogens with one attached hydrogen (secondary N) is 1. The Hall–Kier alpha value is -0.770. The van der Waals surface area contributed by atoms with Gasteiger partial charge in [-0.15, -0.1) is 24.0 Å². The lowest BCUT2D eigenvalue weighted by Gasteiger charge is -2.34. The number of hydrogen-bond acceptors (Lipinski definition) is 4. The Labute approximate surface area is 200 Å². The molecule has 1 saturated heterocycles. The first-order chi connectivity index (χ1) is 13.8. The SMILES string of the molecule is CCNC(=NCCC1CCCN(C(=O)OC(C)(C)C)C1)N(C)CCOCC1CC1.I. The number of carbonyl (C=O) groups is 1. The molecule has 1 heterocycles. The normalized spacial score (nSPS) is 19.8. The average Bonchev–Trinajstić information content (AvgIpc) is 3.47. The second-order valence-electron chi connectivity index (χ2n) is 9.40. The van der Waals surface area contributed by atoms with E-state index in [1.54, 1.807) is 0 Å². The van der Waals surface area contributed by atoms with Crippen molar-refractivity contribution in [3.63, 3.8) is 0 Å². The molecular weight excluding hydrogens is 495 g/mol. The van der Waals surface area contributed by atoms with Crippen molar-refractivity contribution in [1.82, 2.24) is 15.1 Å². The van der Waals surface area contributed by atoms with Crippen LogP contribution in [0.5, 0.6) is 0 Å². The van der Waals surface area contributed by atoms with Gasteiger partial charge in [0.25, 0.3) is 0 Å². The Morgan fingerprint density at radius 3 is 2.60 bits per heavy atom. The van der Waals surface area contributed by atoms with Crippen molar-refractivity contribution in [2.45, 2.75) is 65.4 Å². The van der Waals surface area contributed by atoms with Crippen LogP contribution in [0.2, 0.25) is 0 Å². The summed E-state index contributed by atoms with van der Waals surface area (Å²) in [6.07, 6.45) is 5.63.